The molecule has 0 aliphatic carbocycles. The normalized spacial score (nSPS) is 10.5. The minimum absolute atomic E-state index is 0.277. The van der Waals surface area contributed by atoms with Gasteiger partial charge in [0.2, 0.25) is 0 Å². The highest BCUT2D eigenvalue weighted by molar-refractivity contribution is 7.98. The van der Waals surface area contributed by atoms with Gasteiger partial charge >= 0.3 is 0 Å². The van der Waals surface area contributed by atoms with Crippen molar-refractivity contribution in [2.75, 3.05) is 17.7 Å². The molecule has 1 heterocycles. The van der Waals surface area contributed by atoms with Gasteiger partial charge in [-0.25, -0.2) is 14.4 Å². The summed E-state index contributed by atoms with van der Waals surface area (Å²) in [5.41, 5.74) is 0.740. The molecule has 0 aliphatic rings. The van der Waals surface area contributed by atoms with Crippen molar-refractivity contribution in [1.29, 1.82) is 0 Å². The van der Waals surface area contributed by atoms with Crippen LogP contribution in [0.4, 0.5) is 15.9 Å². The molecule has 0 amide bonds. The Morgan fingerprint density at radius 3 is 2.74 bits per heavy atom. The predicted molar refractivity (Wildman–Crippen MR) is 77.9 cm³/mol. The van der Waals surface area contributed by atoms with Crippen molar-refractivity contribution in [3.05, 3.63) is 41.3 Å². The molecule has 6 heteroatoms. The van der Waals surface area contributed by atoms with E-state index in [2.05, 4.69) is 9.97 Å². The standard InChI is InChI=1S/C13H13ClFN3S/c1-3-18(10-6-4-5-9(15)7-10)12-8-11(14)16-13(17-12)19-2/h4-8H,3H2,1-2H3. The number of anilines is 2. The summed E-state index contributed by atoms with van der Waals surface area (Å²) in [6.45, 7) is 2.63. The molecule has 100 valence electrons. The summed E-state index contributed by atoms with van der Waals surface area (Å²) >= 11 is 7.40. The fourth-order valence-corrected chi connectivity index (χ4v) is 2.34. The third-order valence-electron chi connectivity index (χ3n) is 2.56. The molecule has 0 saturated carbocycles. The van der Waals surface area contributed by atoms with Crippen LogP contribution in [0.1, 0.15) is 6.92 Å². The van der Waals surface area contributed by atoms with Gasteiger partial charge in [-0.05, 0) is 31.4 Å². The molecule has 0 aliphatic heterocycles. The zero-order valence-corrected chi connectivity index (χ0v) is 12.2. The van der Waals surface area contributed by atoms with E-state index in [1.165, 1.54) is 23.9 Å². The lowest BCUT2D eigenvalue weighted by Gasteiger charge is -2.22. The average molecular weight is 298 g/mol. The molecule has 0 atom stereocenters. The molecule has 0 fully saturated rings. The van der Waals surface area contributed by atoms with Gasteiger partial charge in [0.25, 0.3) is 0 Å². The Morgan fingerprint density at radius 1 is 1.32 bits per heavy atom. The maximum absolute atomic E-state index is 13.3. The van der Waals surface area contributed by atoms with Gasteiger partial charge in [0, 0.05) is 18.3 Å². The molecule has 0 N–H and O–H groups in total. The van der Waals surface area contributed by atoms with Crippen molar-refractivity contribution in [2.24, 2.45) is 0 Å². The molecule has 3 nitrogen and oxygen atoms in total. The van der Waals surface area contributed by atoms with E-state index in [0.29, 0.717) is 22.7 Å². The first-order chi connectivity index (χ1) is 9.13. The van der Waals surface area contributed by atoms with Crippen LogP contribution in [-0.2, 0) is 0 Å². The molecule has 2 aromatic rings. The molecular weight excluding hydrogens is 285 g/mol. The van der Waals surface area contributed by atoms with E-state index < -0.39 is 0 Å². The smallest absolute Gasteiger partial charge is 0.190 e. The number of hydrogen-bond donors (Lipinski definition) is 0. The third-order valence-corrected chi connectivity index (χ3v) is 3.30. The largest absolute Gasteiger partial charge is 0.326 e. The molecule has 0 bridgehead atoms. The fourth-order valence-electron chi connectivity index (χ4n) is 1.74. The molecule has 0 radical (unpaired) electrons. The number of hydrogen-bond acceptors (Lipinski definition) is 4. The Hall–Kier alpha value is -1.33. The molecule has 0 spiro atoms. The van der Waals surface area contributed by atoms with Crippen molar-refractivity contribution in [1.82, 2.24) is 9.97 Å². The van der Waals surface area contributed by atoms with E-state index in [4.69, 9.17) is 11.6 Å². The number of rotatable bonds is 4. The Labute approximate surface area is 120 Å². The number of benzene rings is 1. The topological polar surface area (TPSA) is 29.0 Å². The van der Waals surface area contributed by atoms with Crippen LogP contribution in [0.2, 0.25) is 5.15 Å². The van der Waals surface area contributed by atoms with Gasteiger partial charge < -0.3 is 4.90 Å². The molecule has 19 heavy (non-hydrogen) atoms. The minimum Gasteiger partial charge on any atom is -0.326 e. The van der Waals surface area contributed by atoms with Crippen molar-refractivity contribution in [2.45, 2.75) is 12.1 Å². The molecule has 0 saturated heterocycles. The number of halogens is 2. The van der Waals surface area contributed by atoms with Crippen LogP contribution in [0.15, 0.2) is 35.5 Å². The van der Waals surface area contributed by atoms with Crippen LogP contribution in [0.25, 0.3) is 0 Å². The zero-order valence-electron chi connectivity index (χ0n) is 10.6. The summed E-state index contributed by atoms with van der Waals surface area (Å²) in [5.74, 6) is 0.388. The number of thioether (sulfide) groups is 1. The summed E-state index contributed by atoms with van der Waals surface area (Å²) < 4.78 is 13.3. The van der Waals surface area contributed by atoms with E-state index in [1.807, 2.05) is 24.1 Å². The van der Waals surface area contributed by atoms with Gasteiger partial charge in [0.15, 0.2) is 5.16 Å². The second-order valence-electron chi connectivity index (χ2n) is 3.76. The van der Waals surface area contributed by atoms with Gasteiger partial charge in [-0.1, -0.05) is 29.4 Å². The lowest BCUT2D eigenvalue weighted by Crippen LogP contribution is -2.18. The van der Waals surface area contributed by atoms with Crippen LogP contribution in [0.5, 0.6) is 0 Å². The van der Waals surface area contributed by atoms with E-state index in [0.717, 1.165) is 5.69 Å². The summed E-state index contributed by atoms with van der Waals surface area (Å²) in [4.78, 5) is 10.4. The lowest BCUT2D eigenvalue weighted by atomic mass is 10.2. The maximum Gasteiger partial charge on any atom is 0.190 e. The Kier molecular flexibility index (Phi) is 4.61. The van der Waals surface area contributed by atoms with Gasteiger partial charge in [0.05, 0.1) is 0 Å². The minimum atomic E-state index is -0.277. The van der Waals surface area contributed by atoms with Gasteiger partial charge in [-0.2, -0.15) is 0 Å². The third kappa shape index (κ3) is 3.36. The Bertz CT molecular complexity index is 580. The first-order valence-corrected chi connectivity index (χ1v) is 7.36. The molecule has 1 aromatic carbocycles. The van der Waals surface area contributed by atoms with Gasteiger partial charge in [-0.3, -0.25) is 0 Å². The lowest BCUT2D eigenvalue weighted by molar-refractivity contribution is 0.627. The van der Waals surface area contributed by atoms with Gasteiger partial charge in [0.1, 0.15) is 16.8 Å². The van der Waals surface area contributed by atoms with E-state index >= 15 is 0 Å². The monoisotopic (exact) mass is 297 g/mol. The quantitative estimate of drug-likeness (QED) is 0.482. The molecular formula is C13H13ClFN3S. The van der Waals surface area contributed by atoms with E-state index in [1.54, 1.807) is 12.1 Å². The van der Waals surface area contributed by atoms with Gasteiger partial charge in [-0.15, -0.1) is 0 Å². The summed E-state index contributed by atoms with van der Waals surface area (Å²) in [7, 11) is 0. The SMILES string of the molecule is CCN(c1cccc(F)c1)c1cc(Cl)nc(SC)n1. The van der Waals surface area contributed by atoms with Crippen molar-refractivity contribution < 1.29 is 4.39 Å². The highest BCUT2D eigenvalue weighted by atomic mass is 35.5. The van der Waals surface area contributed by atoms with Crippen LogP contribution in [0.3, 0.4) is 0 Å². The number of nitrogens with zero attached hydrogens (tertiary/aromatic N) is 3. The van der Waals surface area contributed by atoms with Crippen LogP contribution < -0.4 is 4.90 Å². The van der Waals surface area contributed by atoms with Crippen molar-refractivity contribution in [3.63, 3.8) is 0 Å². The van der Waals surface area contributed by atoms with Crippen LogP contribution in [0, 0.1) is 5.82 Å². The van der Waals surface area contributed by atoms with Crippen LogP contribution in [-0.4, -0.2) is 22.8 Å². The van der Waals surface area contributed by atoms with Crippen molar-refractivity contribution in [3.8, 4) is 0 Å². The number of aromatic nitrogens is 2. The Balaban J connectivity index is 2.44. The predicted octanol–water partition coefficient (Wildman–Crippen LogP) is 4.15. The fraction of sp³-hybridized carbons (Fsp3) is 0.231. The van der Waals surface area contributed by atoms with Crippen LogP contribution >= 0.6 is 23.4 Å². The highest BCUT2D eigenvalue weighted by Crippen LogP contribution is 2.27. The highest BCUT2D eigenvalue weighted by Gasteiger charge is 2.12. The summed E-state index contributed by atoms with van der Waals surface area (Å²) in [6.07, 6.45) is 1.88. The zero-order chi connectivity index (χ0) is 13.8. The first-order valence-electron chi connectivity index (χ1n) is 5.75. The first kappa shape index (κ1) is 14.1. The average Bonchev–Trinajstić information content (AvgIpc) is 2.39. The Morgan fingerprint density at radius 2 is 2.11 bits per heavy atom. The molecule has 1 aromatic heterocycles. The van der Waals surface area contributed by atoms with E-state index in [-0.39, 0.29) is 5.82 Å². The molecule has 0 unspecified atom stereocenters. The van der Waals surface area contributed by atoms with E-state index in [9.17, 15) is 4.39 Å². The second kappa shape index (κ2) is 6.21. The summed E-state index contributed by atoms with van der Waals surface area (Å²) in [6, 6.07) is 8.07. The second-order valence-corrected chi connectivity index (χ2v) is 4.92. The molecule has 2 rings (SSSR count). The maximum atomic E-state index is 13.3. The van der Waals surface area contributed by atoms with Crippen molar-refractivity contribution >= 4 is 34.9 Å². The summed E-state index contributed by atoms with van der Waals surface area (Å²) in [5, 5.41) is 0.974.